The van der Waals surface area contributed by atoms with Crippen LogP contribution >= 0.6 is 11.8 Å². The van der Waals surface area contributed by atoms with E-state index >= 15 is 0 Å². The standard InChI is InChI=1S/C15H19NO2S/c1-15(2)10-13(17)16(14(18)11-15)8-9-19-12-6-4-3-5-7-12/h3-7H,8-11H2,1-2H3. The number of carbonyl (C=O) groups excluding carboxylic acids is 2. The van der Waals surface area contributed by atoms with E-state index in [0.29, 0.717) is 19.4 Å². The Kier molecular flexibility index (Phi) is 4.30. The van der Waals surface area contributed by atoms with Crippen LogP contribution in [0.5, 0.6) is 0 Å². The number of hydrogen-bond donors (Lipinski definition) is 0. The third kappa shape index (κ3) is 3.83. The number of rotatable bonds is 4. The summed E-state index contributed by atoms with van der Waals surface area (Å²) in [6.07, 6.45) is 0.934. The normalized spacial score (nSPS) is 18.7. The second-order valence-electron chi connectivity index (χ2n) is 5.62. The number of carbonyl (C=O) groups is 2. The summed E-state index contributed by atoms with van der Waals surface area (Å²) in [5.74, 6) is 0.687. The summed E-state index contributed by atoms with van der Waals surface area (Å²) in [4.78, 5) is 26.5. The number of benzene rings is 1. The lowest BCUT2D eigenvalue weighted by atomic mass is 9.82. The molecule has 0 saturated carbocycles. The summed E-state index contributed by atoms with van der Waals surface area (Å²) in [5.41, 5.74) is -0.183. The van der Waals surface area contributed by atoms with Crippen molar-refractivity contribution < 1.29 is 9.59 Å². The van der Waals surface area contributed by atoms with E-state index in [-0.39, 0.29) is 17.2 Å². The van der Waals surface area contributed by atoms with E-state index in [2.05, 4.69) is 0 Å². The highest BCUT2D eigenvalue weighted by atomic mass is 32.2. The van der Waals surface area contributed by atoms with Crippen LogP contribution in [0.15, 0.2) is 35.2 Å². The molecule has 1 aromatic carbocycles. The van der Waals surface area contributed by atoms with Crippen molar-refractivity contribution >= 4 is 23.6 Å². The summed E-state index contributed by atoms with van der Waals surface area (Å²) in [6.45, 7) is 4.45. The van der Waals surface area contributed by atoms with E-state index in [9.17, 15) is 9.59 Å². The third-order valence-electron chi connectivity index (χ3n) is 3.19. The second kappa shape index (κ2) is 5.78. The van der Waals surface area contributed by atoms with Gasteiger partial charge in [-0.15, -0.1) is 11.8 Å². The van der Waals surface area contributed by atoms with Gasteiger partial charge in [-0.25, -0.2) is 0 Å². The molecule has 0 aliphatic carbocycles. The monoisotopic (exact) mass is 277 g/mol. The maximum Gasteiger partial charge on any atom is 0.229 e. The van der Waals surface area contributed by atoms with Gasteiger partial charge >= 0.3 is 0 Å². The van der Waals surface area contributed by atoms with Crippen molar-refractivity contribution in [2.24, 2.45) is 5.41 Å². The highest BCUT2D eigenvalue weighted by molar-refractivity contribution is 7.99. The average molecular weight is 277 g/mol. The molecule has 1 aromatic rings. The number of amides is 2. The molecule has 1 aliphatic rings. The molecule has 102 valence electrons. The van der Waals surface area contributed by atoms with Gasteiger partial charge in [-0.2, -0.15) is 0 Å². The fraction of sp³-hybridized carbons (Fsp3) is 0.467. The second-order valence-corrected chi connectivity index (χ2v) is 6.79. The number of imide groups is 1. The largest absolute Gasteiger partial charge is 0.282 e. The molecule has 1 saturated heterocycles. The Hall–Kier alpha value is -1.29. The Morgan fingerprint density at radius 2 is 1.68 bits per heavy atom. The predicted octanol–water partition coefficient (Wildman–Crippen LogP) is 2.95. The van der Waals surface area contributed by atoms with Gasteiger partial charge in [-0.1, -0.05) is 32.0 Å². The molecule has 19 heavy (non-hydrogen) atoms. The van der Waals surface area contributed by atoms with E-state index in [1.165, 1.54) is 9.80 Å². The third-order valence-corrected chi connectivity index (χ3v) is 4.18. The Morgan fingerprint density at radius 1 is 1.11 bits per heavy atom. The minimum Gasteiger partial charge on any atom is -0.282 e. The van der Waals surface area contributed by atoms with E-state index in [1.54, 1.807) is 11.8 Å². The van der Waals surface area contributed by atoms with Crippen molar-refractivity contribution in [3.05, 3.63) is 30.3 Å². The summed E-state index contributed by atoms with van der Waals surface area (Å²) < 4.78 is 0. The molecule has 4 heteroatoms. The lowest BCUT2D eigenvalue weighted by Gasteiger charge is -2.34. The summed E-state index contributed by atoms with van der Waals surface area (Å²) in [5, 5.41) is 0. The number of thioether (sulfide) groups is 1. The van der Waals surface area contributed by atoms with Gasteiger partial charge in [0.1, 0.15) is 0 Å². The van der Waals surface area contributed by atoms with Crippen molar-refractivity contribution in [1.29, 1.82) is 0 Å². The molecular formula is C15H19NO2S. The van der Waals surface area contributed by atoms with E-state index in [1.807, 2.05) is 44.2 Å². The van der Waals surface area contributed by atoms with Crippen LogP contribution in [0.3, 0.4) is 0 Å². The molecule has 1 fully saturated rings. The van der Waals surface area contributed by atoms with Crippen LogP contribution in [0.25, 0.3) is 0 Å². The molecule has 0 unspecified atom stereocenters. The van der Waals surface area contributed by atoms with Crippen LogP contribution in [0, 0.1) is 5.41 Å². The fourth-order valence-electron chi connectivity index (χ4n) is 2.23. The SMILES string of the molecule is CC1(C)CC(=O)N(CCSc2ccccc2)C(=O)C1. The van der Waals surface area contributed by atoms with Gasteiger partial charge in [0, 0.05) is 30.0 Å². The lowest BCUT2D eigenvalue weighted by molar-refractivity contribution is -0.151. The van der Waals surface area contributed by atoms with Gasteiger partial charge in [-0.05, 0) is 17.5 Å². The maximum atomic E-state index is 12.0. The number of piperidine rings is 1. The molecule has 0 radical (unpaired) electrons. The molecule has 0 atom stereocenters. The Balaban J connectivity index is 1.86. The summed E-state index contributed by atoms with van der Waals surface area (Å²) >= 11 is 1.67. The first-order chi connectivity index (χ1) is 8.98. The first-order valence-corrected chi connectivity index (χ1v) is 7.47. The minimum absolute atomic E-state index is 0.0325. The number of nitrogens with zero attached hydrogens (tertiary/aromatic N) is 1. The quantitative estimate of drug-likeness (QED) is 0.627. The topological polar surface area (TPSA) is 37.4 Å². The van der Waals surface area contributed by atoms with Crippen LogP contribution in [0.4, 0.5) is 0 Å². The van der Waals surface area contributed by atoms with E-state index in [4.69, 9.17) is 0 Å². The van der Waals surface area contributed by atoms with Crippen LogP contribution < -0.4 is 0 Å². The first kappa shape index (κ1) is 14.1. The van der Waals surface area contributed by atoms with Gasteiger partial charge in [-0.3, -0.25) is 14.5 Å². The first-order valence-electron chi connectivity index (χ1n) is 6.49. The van der Waals surface area contributed by atoms with Gasteiger partial charge in [0.15, 0.2) is 0 Å². The van der Waals surface area contributed by atoms with Crippen LogP contribution in [-0.4, -0.2) is 29.0 Å². The van der Waals surface area contributed by atoms with Crippen molar-refractivity contribution in [1.82, 2.24) is 4.90 Å². The Labute approximate surface area is 118 Å². The van der Waals surface area contributed by atoms with Crippen molar-refractivity contribution in [2.45, 2.75) is 31.6 Å². The number of hydrogen-bond acceptors (Lipinski definition) is 3. The highest BCUT2D eigenvalue weighted by Gasteiger charge is 2.36. The zero-order chi connectivity index (χ0) is 13.9. The maximum absolute atomic E-state index is 12.0. The number of likely N-dealkylation sites (tertiary alicyclic amines) is 1. The molecule has 1 aliphatic heterocycles. The molecule has 1 heterocycles. The van der Waals surface area contributed by atoms with Gasteiger partial charge in [0.05, 0.1) is 0 Å². The summed E-state index contributed by atoms with van der Waals surface area (Å²) in [7, 11) is 0. The molecular weight excluding hydrogens is 258 g/mol. The van der Waals surface area contributed by atoms with Crippen molar-refractivity contribution in [3.8, 4) is 0 Å². The summed E-state index contributed by atoms with van der Waals surface area (Å²) in [6, 6.07) is 10.0. The van der Waals surface area contributed by atoms with E-state index in [0.717, 1.165) is 5.75 Å². The highest BCUT2D eigenvalue weighted by Crippen LogP contribution is 2.31. The molecule has 2 rings (SSSR count). The molecule has 0 aromatic heterocycles. The van der Waals surface area contributed by atoms with Gasteiger partial charge in [0.2, 0.25) is 11.8 Å². The lowest BCUT2D eigenvalue weighted by Crippen LogP contribution is -2.46. The molecule has 0 N–H and O–H groups in total. The zero-order valence-corrected chi connectivity index (χ0v) is 12.2. The van der Waals surface area contributed by atoms with Crippen LogP contribution in [0.2, 0.25) is 0 Å². The average Bonchev–Trinajstić information content (AvgIpc) is 2.32. The zero-order valence-electron chi connectivity index (χ0n) is 11.4. The smallest absolute Gasteiger partial charge is 0.229 e. The van der Waals surface area contributed by atoms with Gasteiger partial charge in [0.25, 0.3) is 0 Å². The van der Waals surface area contributed by atoms with Crippen LogP contribution in [0.1, 0.15) is 26.7 Å². The Morgan fingerprint density at radius 3 is 2.26 bits per heavy atom. The molecule has 0 bridgehead atoms. The molecule has 3 nitrogen and oxygen atoms in total. The van der Waals surface area contributed by atoms with E-state index < -0.39 is 0 Å². The minimum atomic E-state index is -0.183. The van der Waals surface area contributed by atoms with Crippen LogP contribution in [-0.2, 0) is 9.59 Å². The van der Waals surface area contributed by atoms with Crippen molar-refractivity contribution in [3.63, 3.8) is 0 Å². The van der Waals surface area contributed by atoms with Crippen molar-refractivity contribution in [2.75, 3.05) is 12.3 Å². The fourth-order valence-corrected chi connectivity index (χ4v) is 3.09. The Bertz CT molecular complexity index is 450. The predicted molar refractivity (Wildman–Crippen MR) is 76.9 cm³/mol. The molecule has 0 spiro atoms. The molecule has 2 amide bonds. The van der Waals surface area contributed by atoms with Gasteiger partial charge < -0.3 is 0 Å².